The molecular formula is C24H34N4O4. The van der Waals surface area contributed by atoms with Crippen LogP contribution in [0.5, 0.6) is 11.5 Å². The molecular weight excluding hydrogens is 408 g/mol. The molecule has 0 N–H and O–H groups in total. The second kappa shape index (κ2) is 10.7. The van der Waals surface area contributed by atoms with Crippen LogP contribution in [0.4, 0.5) is 0 Å². The third-order valence-electron chi connectivity index (χ3n) is 6.51. The lowest BCUT2D eigenvalue weighted by Gasteiger charge is -2.40. The number of piperazine rings is 1. The number of hydrogen-bond donors (Lipinski definition) is 0. The first-order valence-electron chi connectivity index (χ1n) is 11.3. The zero-order valence-corrected chi connectivity index (χ0v) is 19.5. The highest BCUT2D eigenvalue weighted by Gasteiger charge is 2.33. The Morgan fingerprint density at radius 2 is 1.50 bits per heavy atom. The van der Waals surface area contributed by atoms with E-state index in [2.05, 4.69) is 24.8 Å². The SMILES string of the molecule is COc1cc(OC)cc(C(=O)N2CCC(C(=O)N3CCN(C(C#N)C(C)C)CC3)CC2)c1. The van der Waals surface area contributed by atoms with Gasteiger partial charge >= 0.3 is 0 Å². The van der Waals surface area contributed by atoms with Crippen molar-refractivity contribution < 1.29 is 19.1 Å². The number of hydrogen-bond acceptors (Lipinski definition) is 6. The van der Waals surface area contributed by atoms with Crippen LogP contribution in [-0.2, 0) is 4.79 Å². The van der Waals surface area contributed by atoms with Crippen molar-refractivity contribution in [2.75, 3.05) is 53.5 Å². The molecule has 8 nitrogen and oxygen atoms in total. The van der Waals surface area contributed by atoms with Crippen LogP contribution in [0.3, 0.4) is 0 Å². The number of nitrogens with zero attached hydrogens (tertiary/aromatic N) is 4. The highest BCUT2D eigenvalue weighted by molar-refractivity contribution is 5.95. The molecule has 2 heterocycles. The molecule has 0 saturated carbocycles. The molecule has 3 rings (SSSR count). The Kier molecular flexibility index (Phi) is 7.97. The molecule has 0 aromatic heterocycles. The second-order valence-corrected chi connectivity index (χ2v) is 8.85. The summed E-state index contributed by atoms with van der Waals surface area (Å²) in [5, 5.41) is 9.42. The minimum atomic E-state index is -0.100. The highest BCUT2D eigenvalue weighted by Crippen LogP contribution is 2.26. The summed E-state index contributed by atoms with van der Waals surface area (Å²) in [6, 6.07) is 7.46. The molecule has 0 aliphatic carbocycles. The number of methoxy groups -OCH3 is 2. The van der Waals surface area contributed by atoms with Gasteiger partial charge in [0, 0.05) is 56.8 Å². The van der Waals surface area contributed by atoms with E-state index in [0.717, 1.165) is 13.1 Å². The maximum Gasteiger partial charge on any atom is 0.254 e. The fourth-order valence-corrected chi connectivity index (χ4v) is 4.57. The fourth-order valence-electron chi connectivity index (χ4n) is 4.57. The first-order valence-corrected chi connectivity index (χ1v) is 11.3. The van der Waals surface area contributed by atoms with E-state index in [1.807, 2.05) is 4.90 Å². The van der Waals surface area contributed by atoms with Crippen molar-refractivity contribution in [2.45, 2.75) is 32.7 Å². The summed E-state index contributed by atoms with van der Waals surface area (Å²) in [4.78, 5) is 31.9. The number of nitriles is 1. The first-order chi connectivity index (χ1) is 15.4. The number of likely N-dealkylation sites (tertiary alicyclic amines) is 1. The van der Waals surface area contributed by atoms with E-state index in [1.165, 1.54) is 0 Å². The van der Waals surface area contributed by atoms with E-state index in [0.29, 0.717) is 56.1 Å². The Balaban J connectivity index is 1.53. The lowest BCUT2D eigenvalue weighted by atomic mass is 9.94. The van der Waals surface area contributed by atoms with Crippen LogP contribution in [0, 0.1) is 23.2 Å². The largest absolute Gasteiger partial charge is 0.497 e. The van der Waals surface area contributed by atoms with Gasteiger partial charge in [-0.3, -0.25) is 14.5 Å². The molecule has 2 aliphatic rings. The average Bonchev–Trinajstić information content (AvgIpc) is 2.83. The van der Waals surface area contributed by atoms with E-state index >= 15 is 0 Å². The smallest absolute Gasteiger partial charge is 0.254 e. The molecule has 1 aromatic rings. The van der Waals surface area contributed by atoms with Crippen molar-refractivity contribution in [1.82, 2.24) is 14.7 Å². The quantitative estimate of drug-likeness (QED) is 0.672. The zero-order valence-electron chi connectivity index (χ0n) is 19.5. The van der Waals surface area contributed by atoms with E-state index in [9.17, 15) is 14.9 Å². The van der Waals surface area contributed by atoms with Crippen molar-refractivity contribution in [3.8, 4) is 17.6 Å². The maximum absolute atomic E-state index is 13.1. The number of rotatable bonds is 6. The van der Waals surface area contributed by atoms with Gasteiger partial charge in [0.25, 0.3) is 5.91 Å². The average molecular weight is 443 g/mol. The molecule has 2 fully saturated rings. The summed E-state index contributed by atoms with van der Waals surface area (Å²) in [6.07, 6.45) is 1.33. The second-order valence-electron chi connectivity index (χ2n) is 8.85. The van der Waals surface area contributed by atoms with Crippen LogP contribution >= 0.6 is 0 Å². The van der Waals surface area contributed by atoms with E-state index < -0.39 is 0 Å². The van der Waals surface area contributed by atoms with E-state index in [-0.39, 0.29) is 29.7 Å². The lowest BCUT2D eigenvalue weighted by Crippen LogP contribution is -2.54. The Bertz CT molecular complexity index is 828. The molecule has 1 aromatic carbocycles. The van der Waals surface area contributed by atoms with Crippen molar-refractivity contribution in [2.24, 2.45) is 11.8 Å². The number of piperidine rings is 1. The van der Waals surface area contributed by atoms with Crippen molar-refractivity contribution in [3.63, 3.8) is 0 Å². The van der Waals surface area contributed by atoms with Gasteiger partial charge in [-0.2, -0.15) is 5.26 Å². The van der Waals surface area contributed by atoms with Crippen LogP contribution in [-0.4, -0.2) is 86.0 Å². The molecule has 2 aliphatic heterocycles. The molecule has 8 heteroatoms. The van der Waals surface area contributed by atoms with Crippen molar-refractivity contribution in [1.29, 1.82) is 5.26 Å². The van der Waals surface area contributed by atoms with Gasteiger partial charge in [-0.25, -0.2) is 0 Å². The number of carbonyl (C=O) groups excluding carboxylic acids is 2. The van der Waals surface area contributed by atoms with Gasteiger partial charge < -0.3 is 19.3 Å². The monoisotopic (exact) mass is 442 g/mol. The number of amides is 2. The zero-order chi connectivity index (χ0) is 23.3. The summed E-state index contributed by atoms with van der Waals surface area (Å²) >= 11 is 0. The summed E-state index contributed by atoms with van der Waals surface area (Å²) in [5.74, 6) is 1.48. The van der Waals surface area contributed by atoms with Crippen LogP contribution in [0.25, 0.3) is 0 Å². The molecule has 1 unspecified atom stereocenters. The fraction of sp³-hybridized carbons (Fsp3) is 0.625. The van der Waals surface area contributed by atoms with Gasteiger partial charge in [0.05, 0.1) is 20.3 Å². The van der Waals surface area contributed by atoms with Crippen molar-refractivity contribution >= 4 is 11.8 Å². The van der Waals surface area contributed by atoms with E-state index in [4.69, 9.17) is 9.47 Å². The summed E-state index contributed by atoms with van der Waals surface area (Å²) < 4.78 is 10.5. The molecule has 32 heavy (non-hydrogen) atoms. The molecule has 2 amide bonds. The predicted molar refractivity (Wildman–Crippen MR) is 121 cm³/mol. The standard InChI is InChI=1S/C24H34N4O4/c1-17(2)22(16-25)26-9-11-28(12-10-26)23(29)18-5-7-27(8-6-18)24(30)19-13-20(31-3)15-21(14-19)32-4/h13-15,17-18,22H,5-12H2,1-4H3. The summed E-state index contributed by atoms with van der Waals surface area (Å²) in [6.45, 7) is 8.01. The van der Waals surface area contributed by atoms with Gasteiger partial charge in [-0.05, 0) is 30.9 Å². The highest BCUT2D eigenvalue weighted by atomic mass is 16.5. The molecule has 1 atom stereocenters. The Morgan fingerprint density at radius 1 is 0.938 bits per heavy atom. The topological polar surface area (TPSA) is 86.1 Å². The predicted octanol–water partition coefficient (Wildman–Crippen LogP) is 2.25. The maximum atomic E-state index is 13.1. The van der Waals surface area contributed by atoms with Crippen LogP contribution < -0.4 is 9.47 Å². The molecule has 2 saturated heterocycles. The number of benzene rings is 1. The van der Waals surface area contributed by atoms with Gasteiger partial charge in [-0.15, -0.1) is 0 Å². The third kappa shape index (κ3) is 5.33. The van der Waals surface area contributed by atoms with Gasteiger partial charge in [0.1, 0.15) is 17.5 Å². The van der Waals surface area contributed by atoms with E-state index in [1.54, 1.807) is 37.3 Å². The summed E-state index contributed by atoms with van der Waals surface area (Å²) in [7, 11) is 3.12. The number of carbonyl (C=O) groups is 2. The van der Waals surface area contributed by atoms with Crippen LogP contribution in [0.1, 0.15) is 37.0 Å². The first kappa shape index (κ1) is 23.9. The molecule has 0 radical (unpaired) electrons. The molecule has 0 bridgehead atoms. The van der Waals surface area contributed by atoms with Crippen LogP contribution in [0.15, 0.2) is 18.2 Å². The number of ether oxygens (including phenoxy) is 2. The third-order valence-corrected chi connectivity index (χ3v) is 6.51. The Labute approximate surface area is 190 Å². The Hall–Kier alpha value is -2.79. The molecule has 174 valence electrons. The van der Waals surface area contributed by atoms with Gasteiger partial charge in [-0.1, -0.05) is 13.8 Å². The molecule has 0 spiro atoms. The Morgan fingerprint density at radius 3 is 1.97 bits per heavy atom. The van der Waals surface area contributed by atoms with Gasteiger partial charge in [0.15, 0.2) is 0 Å². The minimum absolute atomic E-state index is 0.0534. The van der Waals surface area contributed by atoms with Gasteiger partial charge in [0.2, 0.25) is 5.91 Å². The summed E-state index contributed by atoms with van der Waals surface area (Å²) in [5.41, 5.74) is 0.527. The van der Waals surface area contributed by atoms with Crippen molar-refractivity contribution in [3.05, 3.63) is 23.8 Å². The minimum Gasteiger partial charge on any atom is -0.497 e. The lowest BCUT2D eigenvalue weighted by molar-refractivity contribution is -0.139. The van der Waals surface area contributed by atoms with Crippen LogP contribution in [0.2, 0.25) is 0 Å². The normalized spacial score (nSPS) is 18.9.